The van der Waals surface area contributed by atoms with Crippen LogP contribution in [0.15, 0.2) is 6.33 Å². The molecule has 10 heteroatoms. The molecule has 0 saturated carbocycles. The largest absolute Gasteiger partial charge is 0.381 e. The number of hydrogen-bond donors (Lipinski definition) is 5. The third-order valence-electron chi connectivity index (χ3n) is 4.23. The van der Waals surface area contributed by atoms with E-state index < -0.39 is 18.6 Å². The number of hydrogen-bond acceptors (Lipinski definition) is 9. The van der Waals surface area contributed by atoms with Crippen LogP contribution >= 0.6 is 0 Å². The first kappa shape index (κ1) is 17.2. The molecule has 1 aromatic rings. The molecule has 1 aliphatic heterocycles. The minimum atomic E-state index is -1.50. The summed E-state index contributed by atoms with van der Waals surface area (Å²) in [6, 6.07) is -0.802. The molecule has 0 aromatic carbocycles. The summed E-state index contributed by atoms with van der Waals surface area (Å²) in [5, 5.41) is 52.2. The molecule has 0 amide bonds. The molecule has 1 fully saturated rings. The number of nitrogens with one attached hydrogen (secondary N) is 1. The van der Waals surface area contributed by atoms with Gasteiger partial charge in [0.25, 0.3) is 0 Å². The van der Waals surface area contributed by atoms with E-state index in [4.69, 9.17) is 0 Å². The van der Waals surface area contributed by atoms with Crippen LogP contribution in [0.5, 0.6) is 0 Å². The second-order valence-corrected chi connectivity index (χ2v) is 5.84. The van der Waals surface area contributed by atoms with Crippen LogP contribution in [-0.2, 0) is 6.54 Å². The van der Waals surface area contributed by atoms with Crippen LogP contribution in [0, 0.1) is 5.92 Å². The van der Waals surface area contributed by atoms with Gasteiger partial charge in [0.05, 0.1) is 19.3 Å². The summed E-state index contributed by atoms with van der Waals surface area (Å²) in [6.45, 7) is 3.80. The number of nitrogens with zero attached hydrogens (tertiary/aromatic N) is 5. The first-order valence-electron chi connectivity index (χ1n) is 7.31. The zero-order chi connectivity index (χ0) is 16.3. The lowest BCUT2D eigenvalue weighted by Gasteiger charge is -2.35. The van der Waals surface area contributed by atoms with Crippen molar-refractivity contribution in [2.24, 2.45) is 5.92 Å². The molecule has 3 unspecified atom stereocenters. The maximum absolute atomic E-state index is 10.1. The van der Waals surface area contributed by atoms with E-state index in [-0.39, 0.29) is 31.3 Å². The lowest BCUT2D eigenvalue weighted by atomic mass is 9.96. The third-order valence-corrected chi connectivity index (χ3v) is 4.23. The quantitative estimate of drug-likeness (QED) is 0.340. The molecule has 0 spiro atoms. The van der Waals surface area contributed by atoms with Crippen molar-refractivity contribution in [1.82, 2.24) is 30.4 Å². The lowest BCUT2D eigenvalue weighted by molar-refractivity contribution is -0.112. The van der Waals surface area contributed by atoms with Crippen molar-refractivity contribution in [3.63, 3.8) is 0 Å². The maximum Gasteiger partial charge on any atom is 0.167 e. The van der Waals surface area contributed by atoms with E-state index in [1.165, 1.54) is 11.0 Å². The van der Waals surface area contributed by atoms with Crippen molar-refractivity contribution >= 4 is 0 Å². The maximum atomic E-state index is 10.1. The first-order chi connectivity index (χ1) is 10.4. The molecule has 5 N–H and O–H groups in total. The molecule has 0 aliphatic carbocycles. The average molecular weight is 316 g/mol. The lowest BCUT2D eigenvalue weighted by Crippen LogP contribution is -2.54. The number of tetrazole rings is 1. The van der Waals surface area contributed by atoms with Gasteiger partial charge in [-0.25, -0.2) is 4.68 Å². The third kappa shape index (κ3) is 3.77. The van der Waals surface area contributed by atoms with Crippen LogP contribution in [0.4, 0.5) is 0 Å². The Morgan fingerprint density at radius 2 is 2.09 bits per heavy atom. The van der Waals surface area contributed by atoms with Crippen molar-refractivity contribution in [2.75, 3.05) is 6.73 Å². The van der Waals surface area contributed by atoms with Gasteiger partial charge >= 0.3 is 0 Å². The Balaban J connectivity index is 1.96. The average Bonchev–Trinajstić information content (AvgIpc) is 3.05. The fraction of sp³-hybridized carbons (Fsp3) is 0.917. The zero-order valence-electron chi connectivity index (χ0n) is 12.7. The van der Waals surface area contributed by atoms with Gasteiger partial charge in [-0.15, -0.1) is 5.10 Å². The van der Waals surface area contributed by atoms with Crippen molar-refractivity contribution in [2.45, 2.75) is 57.5 Å². The van der Waals surface area contributed by atoms with Crippen molar-refractivity contribution < 1.29 is 20.4 Å². The van der Waals surface area contributed by atoms with Gasteiger partial charge in [-0.1, -0.05) is 6.92 Å². The number of aliphatic hydroxyl groups excluding tert-OH is 3. The van der Waals surface area contributed by atoms with Crippen LogP contribution < -0.4 is 5.32 Å². The van der Waals surface area contributed by atoms with Crippen LogP contribution in [0.1, 0.15) is 20.3 Å². The van der Waals surface area contributed by atoms with Crippen LogP contribution in [0.3, 0.4) is 0 Å². The first-order valence-corrected chi connectivity index (χ1v) is 7.31. The highest BCUT2D eigenvalue weighted by molar-refractivity contribution is 4.96. The predicted molar refractivity (Wildman–Crippen MR) is 74.9 cm³/mol. The van der Waals surface area contributed by atoms with Crippen molar-refractivity contribution in [3.8, 4) is 0 Å². The molecular weight excluding hydrogens is 292 g/mol. The fourth-order valence-corrected chi connectivity index (χ4v) is 3.37. The smallest absolute Gasteiger partial charge is 0.167 e. The van der Waals surface area contributed by atoms with E-state index in [9.17, 15) is 20.4 Å². The Morgan fingerprint density at radius 3 is 2.64 bits per heavy atom. The van der Waals surface area contributed by atoms with Crippen molar-refractivity contribution in [1.29, 1.82) is 0 Å². The van der Waals surface area contributed by atoms with Gasteiger partial charge in [-0.2, -0.15) is 0 Å². The molecule has 1 aliphatic rings. The molecule has 0 radical (unpaired) electrons. The second-order valence-electron chi connectivity index (χ2n) is 5.84. The number of aromatic nitrogens is 4. The zero-order valence-corrected chi connectivity index (χ0v) is 12.7. The summed E-state index contributed by atoms with van der Waals surface area (Å²) < 4.78 is 1.41. The van der Waals surface area contributed by atoms with Crippen LogP contribution in [0.25, 0.3) is 0 Å². The molecule has 1 aromatic heterocycles. The second kappa shape index (κ2) is 7.40. The Bertz CT molecular complexity index is 445. The van der Waals surface area contributed by atoms with Crippen molar-refractivity contribution in [3.05, 3.63) is 6.33 Å². The van der Waals surface area contributed by atoms with E-state index in [2.05, 4.69) is 20.8 Å². The molecule has 126 valence electrons. The SMILES string of the molecule is CC1CC(C(O)O)N(CO)[C@H]1[C@@H](C)NC(O)Cn1cnnn1. The van der Waals surface area contributed by atoms with Crippen LogP contribution in [0.2, 0.25) is 0 Å². The number of aliphatic hydroxyl groups is 4. The molecule has 22 heavy (non-hydrogen) atoms. The predicted octanol–water partition coefficient (Wildman–Crippen LogP) is -2.69. The summed E-state index contributed by atoms with van der Waals surface area (Å²) in [5.74, 6) is 0.140. The molecule has 0 bridgehead atoms. The minimum Gasteiger partial charge on any atom is -0.381 e. The van der Waals surface area contributed by atoms with Gasteiger partial charge in [-0.3, -0.25) is 10.2 Å². The standard InChI is InChI=1S/C12H24N6O4/c1-7-3-9(12(21)22)18(6-19)11(7)8(2)14-10(20)4-17-5-13-15-16-17/h5,7-12,14,19-22H,3-4,6H2,1-2H3/t7?,8-,9?,10?,11-/m1/s1. The Labute approximate surface area is 128 Å². The normalized spacial score (nSPS) is 29.1. The summed E-state index contributed by atoms with van der Waals surface area (Å²) >= 11 is 0. The molecule has 10 nitrogen and oxygen atoms in total. The van der Waals surface area contributed by atoms with E-state index in [1.54, 1.807) is 4.90 Å². The van der Waals surface area contributed by atoms with Gasteiger partial charge in [0.2, 0.25) is 0 Å². The topological polar surface area (TPSA) is 140 Å². The molecule has 2 rings (SSSR count). The van der Waals surface area contributed by atoms with Gasteiger partial charge in [-0.05, 0) is 29.7 Å². The molecular formula is C12H24N6O4. The van der Waals surface area contributed by atoms with E-state index in [0.29, 0.717) is 6.42 Å². The van der Waals surface area contributed by atoms with E-state index in [1.807, 2.05) is 13.8 Å². The molecule has 2 heterocycles. The number of rotatable bonds is 7. The summed E-state index contributed by atoms with van der Waals surface area (Å²) in [5.41, 5.74) is 0. The van der Waals surface area contributed by atoms with E-state index in [0.717, 1.165) is 0 Å². The summed E-state index contributed by atoms with van der Waals surface area (Å²) in [4.78, 5) is 1.65. The fourth-order valence-electron chi connectivity index (χ4n) is 3.37. The van der Waals surface area contributed by atoms with Gasteiger partial charge in [0, 0.05) is 12.1 Å². The Hall–Kier alpha value is -1.17. The van der Waals surface area contributed by atoms with Crippen LogP contribution in [-0.4, -0.2) is 82.9 Å². The summed E-state index contributed by atoms with van der Waals surface area (Å²) in [6.07, 6.45) is -0.383. The highest BCUT2D eigenvalue weighted by Crippen LogP contribution is 2.32. The molecule has 5 atom stereocenters. The van der Waals surface area contributed by atoms with Gasteiger partial charge in [0.15, 0.2) is 6.29 Å². The van der Waals surface area contributed by atoms with E-state index >= 15 is 0 Å². The van der Waals surface area contributed by atoms with Gasteiger partial charge < -0.3 is 20.4 Å². The minimum absolute atomic E-state index is 0.125. The molecule has 1 saturated heterocycles. The monoisotopic (exact) mass is 316 g/mol. The summed E-state index contributed by atoms with van der Waals surface area (Å²) in [7, 11) is 0. The van der Waals surface area contributed by atoms with Gasteiger partial charge in [0.1, 0.15) is 12.6 Å². The highest BCUT2D eigenvalue weighted by atomic mass is 16.5. The number of likely N-dealkylation sites (tertiary alicyclic amines) is 1. The Morgan fingerprint density at radius 1 is 1.36 bits per heavy atom. The Kier molecular flexibility index (Phi) is 5.78. The highest BCUT2D eigenvalue weighted by Gasteiger charge is 2.44.